The van der Waals surface area contributed by atoms with Crippen molar-refractivity contribution in [3.8, 4) is 11.5 Å². The number of hydrogen-bond acceptors (Lipinski definition) is 6. The molecule has 0 heterocycles. The first-order valence-electron chi connectivity index (χ1n) is 12.1. The number of nitrogens with zero attached hydrogens (tertiary/aromatic N) is 2. The topological polar surface area (TPSA) is 105 Å². The van der Waals surface area contributed by atoms with Gasteiger partial charge in [-0.15, -0.1) is 0 Å². The number of carbonyl (C=O) groups excluding carboxylic acids is 2. The third-order valence-corrected chi connectivity index (χ3v) is 7.45. The van der Waals surface area contributed by atoms with Gasteiger partial charge in [-0.3, -0.25) is 13.9 Å². The van der Waals surface area contributed by atoms with Crippen molar-refractivity contribution in [2.45, 2.75) is 19.0 Å². The van der Waals surface area contributed by atoms with E-state index in [-0.39, 0.29) is 35.3 Å². The molecule has 9 nitrogen and oxygen atoms in total. The van der Waals surface area contributed by atoms with Crippen LogP contribution in [-0.4, -0.2) is 65.2 Å². The van der Waals surface area contributed by atoms with E-state index in [9.17, 15) is 18.0 Å². The fraction of sp³-hybridized carbons (Fsp3) is 0.286. The Hall–Kier alpha value is -3.76. The Morgan fingerprint density at radius 1 is 0.949 bits per heavy atom. The van der Waals surface area contributed by atoms with Crippen molar-refractivity contribution >= 4 is 39.1 Å². The van der Waals surface area contributed by atoms with Gasteiger partial charge in [0.2, 0.25) is 21.8 Å². The zero-order valence-electron chi connectivity index (χ0n) is 22.3. The summed E-state index contributed by atoms with van der Waals surface area (Å²) in [4.78, 5) is 28.6. The maximum atomic E-state index is 14.0. The summed E-state index contributed by atoms with van der Waals surface area (Å²) in [6.07, 6.45) is 1.21. The molecule has 1 atom stereocenters. The largest absolute Gasteiger partial charge is 0.497 e. The summed E-state index contributed by atoms with van der Waals surface area (Å²) < 4.78 is 37.5. The molecule has 2 amide bonds. The zero-order chi connectivity index (χ0) is 28.6. The molecule has 0 aromatic heterocycles. The molecule has 0 radical (unpaired) electrons. The standard InChI is InChI=1S/C28H32ClN3O6S/c1-30-28(34)25(16-20-9-6-5-7-10-20)31(18-21-11-8-12-23(15-21)37-2)27(33)19-32(39(4,35)36)24-17-22(29)13-14-26(24)38-3/h5-15,17,25H,16,18-19H2,1-4H3,(H,30,34)/t25-/m0/s1. The van der Waals surface area contributed by atoms with Gasteiger partial charge in [-0.05, 0) is 41.5 Å². The highest BCUT2D eigenvalue weighted by molar-refractivity contribution is 7.92. The lowest BCUT2D eigenvalue weighted by Gasteiger charge is -2.33. The van der Waals surface area contributed by atoms with Crippen LogP contribution in [0.2, 0.25) is 5.02 Å². The molecule has 1 N–H and O–H groups in total. The van der Waals surface area contributed by atoms with Crippen LogP contribution in [0.1, 0.15) is 11.1 Å². The van der Waals surface area contributed by atoms with E-state index in [0.717, 1.165) is 16.1 Å². The second-order valence-electron chi connectivity index (χ2n) is 8.78. The van der Waals surface area contributed by atoms with Crippen LogP contribution in [0.4, 0.5) is 5.69 Å². The monoisotopic (exact) mass is 573 g/mol. The first-order valence-corrected chi connectivity index (χ1v) is 14.3. The van der Waals surface area contributed by atoms with Gasteiger partial charge in [0.1, 0.15) is 24.1 Å². The van der Waals surface area contributed by atoms with Gasteiger partial charge in [0, 0.05) is 25.0 Å². The number of rotatable bonds is 12. The molecule has 0 saturated heterocycles. The Labute approximate surface area is 234 Å². The van der Waals surface area contributed by atoms with Crippen LogP contribution in [0, 0.1) is 0 Å². The Kier molecular flexibility index (Phi) is 10.2. The number of hydrogen-bond donors (Lipinski definition) is 1. The van der Waals surface area contributed by atoms with Crippen LogP contribution < -0.4 is 19.1 Å². The number of benzene rings is 3. The van der Waals surface area contributed by atoms with Gasteiger partial charge in [0.05, 0.1) is 26.2 Å². The number of carbonyl (C=O) groups is 2. The van der Waals surface area contributed by atoms with E-state index in [1.807, 2.05) is 30.3 Å². The number of sulfonamides is 1. The Morgan fingerprint density at radius 3 is 2.26 bits per heavy atom. The van der Waals surface area contributed by atoms with E-state index in [1.54, 1.807) is 30.3 Å². The average Bonchev–Trinajstić information content (AvgIpc) is 2.93. The molecule has 0 aliphatic rings. The minimum absolute atomic E-state index is 0.0330. The molecule has 0 saturated carbocycles. The van der Waals surface area contributed by atoms with E-state index in [1.165, 1.54) is 38.3 Å². The number of nitrogens with one attached hydrogen (secondary N) is 1. The minimum Gasteiger partial charge on any atom is -0.497 e. The average molecular weight is 574 g/mol. The lowest BCUT2D eigenvalue weighted by molar-refractivity contribution is -0.139. The van der Waals surface area contributed by atoms with Crippen LogP contribution in [0.5, 0.6) is 11.5 Å². The molecular formula is C28H32ClN3O6S. The maximum Gasteiger partial charge on any atom is 0.244 e. The predicted octanol–water partition coefficient (Wildman–Crippen LogP) is 3.51. The van der Waals surface area contributed by atoms with Crippen LogP contribution in [0.15, 0.2) is 72.8 Å². The molecule has 11 heteroatoms. The van der Waals surface area contributed by atoms with Crippen molar-refractivity contribution in [1.29, 1.82) is 0 Å². The molecule has 0 bridgehead atoms. The molecule has 0 aliphatic heterocycles. The van der Waals surface area contributed by atoms with Gasteiger partial charge >= 0.3 is 0 Å². The molecule has 3 rings (SSSR count). The number of halogens is 1. The van der Waals surface area contributed by atoms with Crippen molar-refractivity contribution in [2.75, 3.05) is 38.4 Å². The second-order valence-corrected chi connectivity index (χ2v) is 11.1. The van der Waals surface area contributed by atoms with Crippen molar-refractivity contribution in [3.05, 3.63) is 88.9 Å². The van der Waals surface area contributed by atoms with E-state index in [4.69, 9.17) is 21.1 Å². The van der Waals surface area contributed by atoms with E-state index < -0.39 is 28.5 Å². The molecule has 0 spiro atoms. The number of anilines is 1. The highest BCUT2D eigenvalue weighted by Gasteiger charge is 2.33. The Bertz CT molecular complexity index is 1400. The normalized spacial score (nSPS) is 11.8. The smallest absolute Gasteiger partial charge is 0.244 e. The van der Waals surface area contributed by atoms with Gasteiger partial charge in [-0.1, -0.05) is 54.1 Å². The second kappa shape index (κ2) is 13.3. The molecule has 39 heavy (non-hydrogen) atoms. The Morgan fingerprint density at radius 2 is 1.64 bits per heavy atom. The summed E-state index contributed by atoms with van der Waals surface area (Å²) in [5.74, 6) is -0.166. The quantitative estimate of drug-likeness (QED) is 0.355. The van der Waals surface area contributed by atoms with Gasteiger partial charge in [-0.25, -0.2) is 8.42 Å². The Balaban J connectivity index is 2.08. The lowest BCUT2D eigenvalue weighted by Crippen LogP contribution is -2.52. The fourth-order valence-electron chi connectivity index (χ4n) is 4.14. The lowest BCUT2D eigenvalue weighted by atomic mass is 10.0. The fourth-order valence-corrected chi connectivity index (χ4v) is 5.15. The van der Waals surface area contributed by atoms with Crippen molar-refractivity contribution < 1.29 is 27.5 Å². The first kappa shape index (κ1) is 29.8. The highest BCUT2D eigenvalue weighted by atomic mass is 35.5. The SMILES string of the molecule is CNC(=O)[C@H](Cc1ccccc1)N(Cc1cccc(OC)c1)C(=O)CN(c1cc(Cl)ccc1OC)S(C)(=O)=O. The van der Waals surface area contributed by atoms with E-state index >= 15 is 0 Å². The zero-order valence-corrected chi connectivity index (χ0v) is 23.8. The molecule has 0 unspecified atom stereocenters. The van der Waals surface area contributed by atoms with Crippen LogP contribution in [0.25, 0.3) is 0 Å². The summed E-state index contributed by atoms with van der Waals surface area (Å²) >= 11 is 6.17. The number of amides is 2. The summed E-state index contributed by atoms with van der Waals surface area (Å²) in [6.45, 7) is -0.549. The van der Waals surface area contributed by atoms with Gasteiger partial charge in [-0.2, -0.15) is 0 Å². The molecule has 3 aromatic carbocycles. The molecule has 208 valence electrons. The minimum atomic E-state index is -3.96. The maximum absolute atomic E-state index is 14.0. The summed E-state index contributed by atoms with van der Waals surface area (Å²) in [5, 5.41) is 2.91. The van der Waals surface area contributed by atoms with Crippen LogP contribution in [0.3, 0.4) is 0 Å². The number of ether oxygens (including phenoxy) is 2. The van der Waals surface area contributed by atoms with Crippen molar-refractivity contribution in [1.82, 2.24) is 10.2 Å². The third-order valence-electron chi connectivity index (χ3n) is 6.09. The summed E-state index contributed by atoms with van der Waals surface area (Å²) in [7, 11) is 0.460. The van der Waals surface area contributed by atoms with Crippen molar-refractivity contribution in [3.63, 3.8) is 0 Å². The molecule has 3 aromatic rings. The van der Waals surface area contributed by atoms with E-state index in [0.29, 0.717) is 11.3 Å². The first-order chi connectivity index (χ1) is 18.6. The number of methoxy groups -OCH3 is 2. The van der Waals surface area contributed by atoms with Crippen LogP contribution >= 0.6 is 11.6 Å². The van der Waals surface area contributed by atoms with Gasteiger partial charge < -0.3 is 19.7 Å². The van der Waals surface area contributed by atoms with Crippen LogP contribution in [-0.2, 0) is 32.6 Å². The molecular weight excluding hydrogens is 542 g/mol. The van der Waals surface area contributed by atoms with E-state index in [2.05, 4.69) is 5.32 Å². The summed E-state index contributed by atoms with van der Waals surface area (Å²) in [6, 6.07) is 20.0. The molecule has 0 aliphatic carbocycles. The summed E-state index contributed by atoms with van der Waals surface area (Å²) in [5.41, 5.74) is 1.66. The third kappa shape index (κ3) is 7.87. The predicted molar refractivity (Wildman–Crippen MR) is 152 cm³/mol. The van der Waals surface area contributed by atoms with Gasteiger partial charge in [0.25, 0.3) is 0 Å². The molecule has 0 fully saturated rings. The number of likely N-dealkylation sites (N-methyl/N-ethyl adjacent to an activating group) is 1. The highest BCUT2D eigenvalue weighted by Crippen LogP contribution is 2.33. The van der Waals surface area contributed by atoms with Crippen molar-refractivity contribution in [2.24, 2.45) is 0 Å². The van der Waals surface area contributed by atoms with Gasteiger partial charge in [0.15, 0.2) is 0 Å².